The van der Waals surface area contributed by atoms with Crippen LogP contribution in [0.5, 0.6) is 0 Å². The number of benzene rings is 1. The second-order valence-electron chi connectivity index (χ2n) is 4.68. The monoisotopic (exact) mass is 300 g/mol. The van der Waals surface area contributed by atoms with Crippen molar-refractivity contribution in [2.45, 2.75) is 19.9 Å². The minimum Gasteiger partial charge on any atom is -0.383 e. The van der Waals surface area contributed by atoms with Crippen LogP contribution in [0, 0.1) is 6.92 Å². The summed E-state index contributed by atoms with van der Waals surface area (Å²) >= 11 is 0. The van der Waals surface area contributed by atoms with Crippen LogP contribution < -0.4 is 10.0 Å². The van der Waals surface area contributed by atoms with Gasteiger partial charge in [0, 0.05) is 18.7 Å². The normalized spacial score (nSPS) is 12.8. The zero-order valence-corrected chi connectivity index (χ0v) is 12.9. The molecule has 0 radical (unpaired) electrons. The minimum atomic E-state index is -3.38. The number of hydrogen-bond acceptors (Lipinski definition) is 4. The highest BCUT2D eigenvalue weighted by molar-refractivity contribution is 7.92. The highest BCUT2D eigenvalue weighted by Gasteiger charge is 2.15. The summed E-state index contributed by atoms with van der Waals surface area (Å²) in [6, 6.07) is 4.78. The second kappa shape index (κ2) is 6.71. The summed E-state index contributed by atoms with van der Waals surface area (Å²) in [5.74, 6) is -0.260. The molecule has 2 N–H and O–H groups in total. The summed E-state index contributed by atoms with van der Waals surface area (Å²) in [5, 5.41) is 2.79. The maximum atomic E-state index is 12.1. The van der Waals surface area contributed by atoms with Crippen molar-refractivity contribution in [3.63, 3.8) is 0 Å². The Balaban J connectivity index is 2.96. The van der Waals surface area contributed by atoms with Crippen LogP contribution in [0.4, 0.5) is 5.69 Å². The van der Waals surface area contributed by atoms with Gasteiger partial charge in [-0.15, -0.1) is 0 Å². The number of carbonyl (C=O) groups is 1. The standard InChI is InChI=1S/C13H20N2O4S/c1-9(8-19-3)14-13(16)11-6-5-7-12(10(11)2)15-20(4,17)18/h5-7,9,15H,8H2,1-4H3,(H,14,16)/t9-/m1/s1. The molecule has 0 saturated heterocycles. The molecule has 0 aliphatic rings. The molecule has 1 aromatic carbocycles. The topological polar surface area (TPSA) is 84.5 Å². The van der Waals surface area contributed by atoms with Crippen molar-refractivity contribution < 1.29 is 17.9 Å². The van der Waals surface area contributed by atoms with E-state index in [-0.39, 0.29) is 11.9 Å². The number of nitrogens with one attached hydrogen (secondary N) is 2. The maximum absolute atomic E-state index is 12.1. The maximum Gasteiger partial charge on any atom is 0.251 e. The van der Waals surface area contributed by atoms with Crippen molar-refractivity contribution in [2.24, 2.45) is 0 Å². The van der Waals surface area contributed by atoms with Crippen molar-refractivity contribution in [2.75, 3.05) is 24.7 Å². The lowest BCUT2D eigenvalue weighted by Crippen LogP contribution is -2.36. The van der Waals surface area contributed by atoms with Crippen molar-refractivity contribution in [3.8, 4) is 0 Å². The fourth-order valence-electron chi connectivity index (χ4n) is 1.79. The molecule has 0 heterocycles. The Morgan fingerprint density at radius 1 is 1.40 bits per heavy atom. The molecule has 0 spiro atoms. The molecular weight excluding hydrogens is 280 g/mol. The molecular formula is C13H20N2O4S. The van der Waals surface area contributed by atoms with Crippen LogP contribution in [0.2, 0.25) is 0 Å². The summed E-state index contributed by atoms with van der Waals surface area (Å²) in [6.45, 7) is 3.94. The van der Waals surface area contributed by atoms with Gasteiger partial charge in [-0.1, -0.05) is 6.07 Å². The van der Waals surface area contributed by atoms with Crippen LogP contribution in [0.25, 0.3) is 0 Å². The van der Waals surface area contributed by atoms with Gasteiger partial charge in [0.15, 0.2) is 0 Å². The summed E-state index contributed by atoms with van der Waals surface area (Å²) in [5.41, 5.74) is 1.42. The lowest BCUT2D eigenvalue weighted by Gasteiger charge is -2.15. The number of sulfonamides is 1. The third-order valence-corrected chi connectivity index (χ3v) is 3.26. The van der Waals surface area contributed by atoms with Crippen LogP contribution in [0.3, 0.4) is 0 Å². The van der Waals surface area contributed by atoms with Crippen LogP contribution >= 0.6 is 0 Å². The summed E-state index contributed by atoms with van der Waals surface area (Å²) in [6.07, 6.45) is 1.07. The zero-order valence-electron chi connectivity index (χ0n) is 12.1. The lowest BCUT2D eigenvalue weighted by molar-refractivity contribution is 0.0905. The first kappa shape index (κ1) is 16.5. The predicted octanol–water partition coefficient (Wildman–Crippen LogP) is 1.13. The molecule has 1 aromatic rings. The second-order valence-corrected chi connectivity index (χ2v) is 6.43. The molecule has 6 nitrogen and oxygen atoms in total. The van der Waals surface area contributed by atoms with Gasteiger partial charge < -0.3 is 10.1 Å². The van der Waals surface area contributed by atoms with Crippen molar-refractivity contribution in [3.05, 3.63) is 29.3 Å². The van der Waals surface area contributed by atoms with E-state index in [9.17, 15) is 13.2 Å². The summed E-state index contributed by atoms with van der Waals surface area (Å²) in [4.78, 5) is 12.1. The Kier molecular flexibility index (Phi) is 5.52. The fraction of sp³-hybridized carbons (Fsp3) is 0.462. The summed E-state index contributed by atoms with van der Waals surface area (Å²) < 4.78 is 29.9. The van der Waals surface area contributed by atoms with E-state index in [4.69, 9.17) is 4.74 Å². The number of hydrogen-bond donors (Lipinski definition) is 2. The highest BCUT2D eigenvalue weighted by Crippen LogP contribution is 2.19. The van der Waals surface area contributed by atoms with E-state index in [0.717, 1.165) is 6.26 Å². The number of ether oxygens (including phenoxy) is 1. The van der Waals surface area contributed by atoms with E-state index in [2.05, 4.69) is 10.0 Å². The Hall–Kier alpha value is -1.60. The van der Waals surface area contributed by atoms with E-state index in [0.29, 0.717) is 23.4 Å². The fourth-order valence-corrected chi connectivity index (χ4v) is 2.41. The smallest absolute Gasteiger partial charge is 0.251 e. The summed E-state index contributed by atoms with van der Waals surface area (Å²) in [7, 11) is -1.82. The molecule has 1 rings (SSSR count). The van der Waals surface area contributed by atoms with Gasteiger partial charge in [0.1, 0.15) is 0 Å². The van der Waals surface area contributed by atoms with Crippen LogP contribution in [0.15, 0.2) is 18.2 Å². The average molecular weight is 300 g/mol. The Morgan fingerprint density at radius 3 is 2.60 bits per heavy atom. The van der Waals surface area contributed by atoms with E-state index < -0.39 is 10.0 Å². The van der Waals surface area contributed by atoms with Gasteiger partial charge in [-0.25, -0.2) is 8.42 Å². The van der Waals surface area contributed by atoms with Crippen LogP contribution in [0.1, 0.15) is 22.8 Å². The van der Waals surface area contributed by atoms with Gasteiger partial charge in [0.25, 0.3) is 5.91 Å². The number of amides is 1. The lowest BCUT2D eigenvalue weighted by atomic mass is 10.1. The van der Waals surface area contributed by atoms with E-state index in [1.165, 1.54) is 0 Å². The number of methoxy groups -OCH3 is 1. The molecule has 0 fully saturated rings. The molecule has 0 bridgehead atoms. The molecule has 112 valence electrons. The molecule has 7 heteroatoms. The molecule has 0 saturated carbocycles. The first-order valence-corrected chi connectivity index (χ1v) is 8.01. The minimum absolute atomic E-state index is 0.126. The average Bonchev–Trinajstić information content (AvgIpc) is 2.30. The highest BCUT2D eigenvalue weighted by atomic mass is 32.2. The van der Waals surface area contributed by atoms with Gasteiger partial charge in [-0.3, -0.25) is 9.52 Å². The SMILES string of the molecule is COC[C@@H](C)NC(=O)c1cccc(NS(C)(=O)=O)c1C. The molecule has 20 heavy (non-hydrogen) atoms. The van der Waals surface area contributed by atoms with E-state index >= 15 is 0 Å². The van der Waals surface area contributed by atoms with Gasteiger partial charge >= 0.3 is 0 Å². The Bertz CT molecular complexity index is 584. The number of anilines is 1. The molecule has 0 aliphatic carbocycles. The molecule has 0 unspecified atom stereocenters. The molecule has 0 aliphatic heterocycles. The van der Waals surface area contributed by atoms with Crippen LogP contribution in [-0.2, 0) is 14.8 Å². The predicted molar refractivity (Wildman–Crippen MR) is 78.4 cm³/mol. The first-order chi connectivity index (χ1) is 9.24. The molecule has 1 amide bonds. The Labute approximate surface area is 119 Å². The first-order valence-electron chi connectivity index (χ1n) is 6.12. The number of rotatable bonds is 6. The number of carbonyl (C=O) groups excluding carboxylic acids is 1. The zero-order chi connectivity index (χ0) is 15.3. The quantitative estimate of drug-likeness (QED) is 0.825. The van der Waals surface area contributed by atoms with Crippen molar-refractivity contribution in [1.29, 1.82) is 0 Å². The van der Waals surface area contributed by atoms with Gasteiger partial charge in [0.2, 0.25) is 10.0 Å². The van der Waals surface area contributed by atoms with Gasteiger partial charge in [0.05, 0.1) is 18.6 Å². The van der Waals surface area contributed by atoms with Crippen LogP contribution in [-0.4, -0.2) is 40.3 Å². The third kappa shape index (κ3) is 4.82. The van der Waals surface area contributed by atoms with Crippen molar-refractivity contribution >= 4 is 21.6 Å². The van der Waals surface area contributed by atoms with Gasteiger partial charge in [-0.05, 0) is 31.5 Å². The van der Waals surface area contributed by atoms with E-state index in [1.807, 2.05) is 6.92 Å². The molecule has 1 atom stereocenters. The third-order valence-electron chi connectivity index (χ3n) is 2.67. The molecule has 0 aromatic heterocycles. The largest absolute Gasteiger partial charge is 0.383 e. The van der Waals surface area contributed by atoms with Crippen molar-refractivity contribution in [1.82, 2.24) is 5.32 Å². The van der Waals surface area contributed by atoms with E-state index in [1.54, 1.807) is 32.2 Å². The Morgan fingerprint density at radius 2 is 2.05 bits per heavy atom. The van der Waals surface area contributed by atoms with Gasteiger partial charge in [-0.2, -0.15) is 0 Å².